The van der Waals surface area contributed by atoms with Crippen LogP contribution in [-0.4, -0.2) is 131 Å². The van der Waals surface area contributed by atoms with Crippen LogP contribution in [0.3, 0.4) is 0 Å². The van der Waals surface area contributed by atoms with E-state index < -0.39 is 0 Å². The summed E-state index contributed by atoms with van der Waals surface area (Å²) in [5.74, 6) is 1.40. The van der Waals surface area contributed by atoms with Gasteiger partial charge in [0.1, 0.15) is 0 Å². The molecule has 0 aromatic rings. The summed E-state index contributed by atoms with van der Waals surface area (Å²) < 4.78 is 11.2. The molecule has 4 N–H and O–H groups in total. The third-order valence-corrected chi connectivity index (χ3v) is 17.6. The number of carbonyl (C=O) groups excluding carboxylic acids is 2. The molecule has 0 fully saturated rings. The number of aliphatic hydroxyl groups excluding tert-OH is 4. The Bertz CT molecular complexity index is 1050. The summed E-state index contributed by atoms with van der Waals surface area (Å²) in [7, 11) is 3.47. The van der Waals surface area contributed by atoms with Crippen LogP contribution < -0.4 is 0 Å². The number of hydrogen-bond donors (Lipinski definition) is 4. The van der Waals surface area contributed by atoms with Gasteiger partial charge in [-0.25, -0.2) is 0 Å². The van der Waals surface area contributed by atoms with Crippen LogP contribution in [0.2, 0.25) is 0 Å². The van der Waals surface area contributed by atoms with Gasteiger partial charge in [0.05, 0.1) is 37.6 Å². The van der Waals surface area contributed by atoms with Gasteiger partial charge in [-0.05, 0) is 77.3 Å². The van der Waals surface area contributed by atoms with Crippen LogP contribution in [0.15, 0.2) is 0 Å². The molecule has 0 aliphatic rings. The first kappa shape index (κ1) is 75.4. The second kappa shape index (κ2) is 60.5. The Balaban J connectivity index is 4.39. The van der Waals surface area contributed by atoms with Gasteiger partial charge in [-0.3, -0.25) is 19.4 Å². The van der Waals surface area contributed by atoms with Crippen molar-refractivity contribution in [1.82, 2.24) is 9.80 Å². The lowest BCUT2D eigenvalue weighted by Crippen LogP contribution is -2.38. The number of hydrogen-bond acceptors (Lipinski definition) is 12. The molecule has 0 rings (SSSR count). The van der Waals surface area contributed by atoms with Crippen LogP contribution in [0.4, 0.5) is 0 Å². The fourth-order valence-corrected chi connectivity index (χ4v) is 12.4. The average molecular weight is 1120 g/mol. The van der Waals surface area contributed by atoms with Gasteiger partial charge in [0.15, 0.2) is 0 Å². The molecule has 0 saturated heterocycles. The number of nitrogens with zero attached hydrogens (tertiary/aromatic N) is 2. The number of carbonyl (C=O) groups is 2. The Kier molecular flexibility index (Phi) is 60.0. The molecule has 0 aromatic carbocycles. The molecule has 12 heteroatoms. The normalized spacial score (nSPS) is 13.4. The zero-order valence-electron chi connectivity index (χ0n) is 50.6. The van der Waals surface area contributed by atoms with Crippen molar-refractivity contribution in [3.63, 3.8) is 0 Å². The van der Waals surface area contributed by atoms with Gasteiger partial charge >= 0.3 is 11.9 Å². The molecule has 0 amide bonds. The second-order valence-electron chi connectivity index (χ2n) is 22.9. The first-order valence-corrected chi connectivity index (χ1v) is 35.4. The van der Waals surface area contributed by atoms with Gasteiger partial charge in [-0.15, -0.1) is 0 Å². The van der Waals surface area contributed by atoms with Gasteiger partial charge in [0.2, 0.25) is 0 Å². The van der Waals surface area contributed by atoms with Crippen molar-refractivity contribution in [3.8, 4) is 0 Å². The van der Waals surface area contributed by atoms with Gasteiger partial charge < -0.3 is 29.9 Å². The third kappa shape index (κ3) is 56.7. The average Bonchev–Trinajstić information content (AvgIpc) is 3.39. The molecule has 4 atom stereocenters. The van der Waals surface area contributed by atoms with E-state index in [1.165, 1.54) is 180 Å². The highest BCUT2D eigenvalue weighted by Gasteiger charge is 2.18. The highest BCUT2D eigenvalue weighted by molar-refractivity contribution is 8.76. The topological polar surface area (TPSA) is 140 Å². The van der Waals surface area contributed by atoms with E-state index >= 15 is 0 Å². The molecule has 0 aliphatic carbocycles. The van der Waals surface area contributed by atoms with E-state index in [1.54, 1.807) is 21.6 Å². The summed E-state index contributed by atoms with van der Waals surface area (Å²) in [5.41, 5.74) is 0. The number of rotatable bonds is 63. The molecule has 0 aliphatic heterocycles. The molecular formula is C64H128N2O8S2. The Labute approximate surface area is 479 Å². The van der Waals surface area contributed by atoms with Crippen LogP contribution in [0.1, 0.15) is 310 Å². The van der Waals surface area contributed by atoms with Crippen molar-refractivity contribution in [3.05, 3.63) is 0 Å². The third-order valence-electron chi connectivity index (χ3n) is 15.0. The standard InChI is InChI=1S/C64H128N2O8S2/c1-5-9-13-17-21-25-29-33-43-59(67)55-65(56-60(68)44-34-30-26-22-18-14-10-6-2)49-37-39-51-73-63(71)47-41-53-75-76-54-42-48-64(72)74-52-40-38-50-66(57-61(69)45-35-31-27-23-19-15-11-7-3)58-62(70)46-36-32-28-24-20-16-12-8-4/h59-62,67-70H,5-58H2,1-4H3. The summed E-state index contributed by atoms with van der Waals surface area (Å²) in [5, 5.41) is 43.8. The molecule has 4 unspecified atom stereocenters. The van der Waals surface area contributed by atoms with Crippen LogP contribution in [-0.2, 0) is 19.1 Å². The van der Waals surface area contributed by atoms with Crippen LogP contribution in [0.25, 0.3) is 0 Å². The molecule has 0 radical (unpaired) electrons. The van der Waals surface area contributed by atoms with E-state index in [9.17, 15) is 30.0 Å². The minimum Gasteiger partial charge on any atom is -0.466 e. The van der Waals surface area contributed by atoms with Crippen molar-refractivity contribution in [2.45, 2.75) is 335 Å². The van der Waals surface area contributed by atoms with Crippen LogP contribution in [0, 0.1) is 0 Å². The molecule has 0 spiro atoms. The number of aliphatic hydroxyl groups is 4. The Hall–Kier alpha value is -0.600. The van der Waals surface area contributed by atoms with Gasteiger partial charge in [-0.1, -0.05) is 255 Å². The maximum Gasteiger partial charge on any atom is 0.305 e. The molecule has 0 bridgehead atoms. The Morgan fingerprint density at radius 2 is 0.566 bits per heavy atom. The summed E-state index contributed by atoms with van der Waals surface area (Å²) >= 11 is 0. The summed E-state index contributed by atoms with van der Waals surface area (Å²) in [6.07, 6.45) is 47.4. The molecule has 0 aromatic heterocycles. The number of ether oxygens (including phenoxy) is 2. The maximum atomic E-state index is 12.5. The lowest BCUT2D eigenvalue weighted by Gasteiger charge is -2.27. The van der Waals surface area contributed by atoms with Crippen molar-refractivity contribution < 1.29 is 39.5 Å². The monoisotopic (exact) mass is 1120 g/mol. The van der Waals surface area contributed by atoms with Crippen LogP contribution >= 0.6 is 21.6 Å². The molecule has 10 nitrogen and oxygen atoms in total. The fourth-order valence-electron chi connectivity index (χ4n) is 10.2. The van der Waals surface area contributed by atoms with Gasteiger partial charge in [0.25, 0.3) is 0 Å². The first-order valence-electron chi connectivity index (χ1n) is 32.9. The second-order valence-corrected chi connectivity index (χ2v) is 25.6. The van der Waals surface area contributed by atoms with Crippen molar-refractivity contribution in [1.29, 1.82) is 0 Å². The zero-order chi connectivity index (χ0) is 55.6. The van der Waals surface area contributed by atoms with Crippen LogP contribution in [0.5, 0.6) is 0 Å². The Morgan fingerprint density at radius 1 is 0.329 bits per heavy atom. The molecule has 0 heterocycles. The maximum absolute atomic E-state index is 12.5. The van der Waals surface area contributed by atoms with E-state index in [4.69, 9.17) is 9.47 Å². The minimum atomic E-state index is -0.382. The molecule has 454 valence electrons. The number of unbranched alkanes of at least 4 members (excludes halogenated alkanes) is 30. The molecular weight excluding hydrogens is 989 g/mol. The summed E-state index contributed by atoms with van der Waals surface area (Å²) in [6.45, 7) is 13.7. The van der Waals surface area contributed by atoms with E-state index in [2.05, 4.69) is 37.5 Å². The van der Waals surface area contributed by atoms with Gasteiger partial charge in [-0.2, -0.15) is 0 Å². The first-order chi connectivity index (χ1) is 37.1. The lowest BCUT2D eigenvalue weighted by atomic mass is 10.0. The van der Waals surface area contributed by atoms with Crippen molar-refractivity contribution in [2.24, 2.45) is 0 Å². The highest BCUT2D eigenvalue weighted by Crippen LogP contribution is 2.24. The predicted octanol–water partition coefficient (Wildman–Crippen LogP) is 16.7. The summed E-state index contributed by atoms with van der Waals surface area (Å²) in [4.78, 5) is 29.4. The van der Waals surface area contributed by atoms with E-state index in [0.29, 0.717) is 52.2 Å². The SMILES string of the molecule is CCCCCCCCCCC(O)CN(CCCCOC(=O)CCCSSCCCC(=O)OCCCCN(CC(O)CCCCCCCCCC)CC(O)CCCCCCCCCC)CC(O)CCCCCCCCCC. The Morgan fingerprint density at radius 3 is 0.816 bits per heavy atom. The molecule has 76 heavy (non-hydrogen) atoms. The summed E-state index contributed by atoms with van der Waals surface area (Å²) in [6, 6.07) is 0. The van der Waals surface area contributed by atoms with E-state index in [0.717, 1.165) is 114 Å². The number of esters is 2. The lowest BCUT2D eigenvalue weighted by molar-refractivity contribution is -0.144. The fraction of sp³-hybridized carbons (Fsp3) is 0.969. The largest absolute Gasteiger partial charge is 0.466 e. The zero-order valence-corrected chi connectivity index (χ0v) is 52.3. The predicted molar refractivity (Wildman–Crippen MR) is 330 cm³/mol. The highest BCUT2D eigenvalue weighted by atomic mass is 33.1. The minimum absolute atomic E-state index is 0.155. The smallest absolute Gasteiger partial charge is 0.305 e. The quantitative estimate of drug-likeness (QED) is 0.0262. The van der Waals surface area contributed by atoms with Crippen molar-refractivity contribution >= 4 is 33.5 Å². The van der Waals surface area contributed by atoms with Gasteiger partial charge in [0, 0.05) is 50.5 Å². The molecule has 0 saturated carbocycles. The van der Waals surface area contributed by atoms with E-state index in [-0.39, 0.29) is 36.4 Å². The van der Waals surface area contributed by atoms with E-state index in [1.807, 2.05) is 0 Å². The van der Waals surface area contributed by atoms with Crippen molar-refractivity contribution in [2.75, 3.05) is 64.0 Å².